The molecule has 0 aliphatic carbocycles. The van der Waals surface area contributed by atoms with E-state index in [1.54, 1.807) is 17.0 Å². The molecule has 0 saturated heterocycles. The number of benzene rings is 4. The Hall–Kier alpha value is -3.34. The number of aryl methyl sites for hydroxylation is 1. The quantitative estimate of drug-likeness (QED) is 0.228. The van der Waals surface area contributed by atoms with Crippen molar-refractivity contribution in [3.63, 3.8) is 0 Å². The lowest BCUT2D eigenvalue weighted by molar-refractivity contribution is -0.141. The van der Waals surface area contributed by atoms with Crippen molar-refractivity contribution in [2.45, 2.75) is 51.7 Å². The van der Waals surface area contributed by atoms with Gasteiger partial charge in [-0.25, -0.2) is 0 Å². The summed E-state index contributed by atoms with van der Waals surface area (Å²) in [5.74, 6) is -0.295. The van der Waals surface area contributed by atoms with Crippen molar-refractivity contribution >= 4 is 45.8 Å². The number of carbonyl (C=O) groups excluding carboxylic acids is 2. The number of rotatable bonds is 10. The maximum atomic E-state index is 13.9. The summed E-state index contributed by atoms with van der Waals surface area (Å²) in [5.41, 5.74) is 2.82. The first-order valence-electron chi connectivity index (χ1n) is 12.9. The average Bonchev–Trinajstić information content (AvgIpc) is 2.90. The minimum atomic E-state index is -0.702. The maximum absolute atomic E-state index is 13.9. The predicted octanol–water partition coefficient (Wildman–Crippen LogP) is 7.24. The van der Waals surface area contributed by atoms with E-state index >= 15 is 0 Å². The van der Waals surface area contributed by atoms with Crippen LogP contribution < -0.4 is 5.32 Å². The molecule has 0 aliphatic heterocycles. The zero-order valence-corrected chi connectivity index (χ0v) is 23.2. The molecule has 1 N–H and O–H groups in total. The molecule has 0 aromatic heterocycles. The van der Waals surface area contributed by atoms with Gasteiger partial charge in [0.2, 0.25) is 11.8 Å². The van der Waals surface area contributed by atoms with E-state index in [1.807, 2.05) is 68.4 Å². The number of hydrogen-bond acceptors (Lipinski definition) is 2. The molecule has 0 fully saturated rings. The van der Waals surface area contributed by atoms with Crippen LogP contribution in [-0.4, -0.2) is 28.8 Å². The molecule has 0 unspecified atom stereocenters. The lowest BCUT2D eigenvalue weighted by Gasteiger charge is -2.32. The van der Waals surface area contributed by atoms with E-state index in [0.29, 0.717) is 22.9 Å². The van der Waals surface area contributed by atoms with Gasteiger partial charge in [0.1, 0.15) is 6.04 Å². The van der Waals surface area contributed by atoms with Crippen LogP contribution in [-0.2, 0) is 29.0 Å². The summed E-state index contributed by atoms with van der Waals surface area (Å²) in [6, 6.07) is 28.5. The van der Waals surface area contributed by atoms with E-state index in [-0.39, 0.29) is 30.8 Å². The van der Waals surface area contributed by atoms with E-state index in [1.165, 1.54) is 0 Å². The summed E-state index contributed by atoms with van der Waals surface area (Å²) in [7, 11) is 0. The van der Waals surface area contributed by atoms with Crippen molar-refractivity contribution in [2.24, 2.45) is 0 Å². The van der Waals surface area contributed by atoms with Gasteiger partial charge < -0.3 is 10.2 Å². The van der Waals surface area contributed by atoms with Crippen LogP contribution >= 0.6 is 23.2 Å². The molecule has 196 valence electrons. The highest BCUT2D eigenvalue weighted by atomic mass is 35.5. The van der Waals surface area contributed by atoms with Crippen LogP contribution in [0.2, 0.25) is 10.0 Å². The van der Waals surface area contributed by atoms with E-state index in [9.17, 15) is 9.59 Å². The lowest BCUT2D eigenvalue weighted by Crippen LogP contribution is -2.51. The van der Waals surface area contributed by atoms with Crippen molar-refractivity contribution in [3.8, 4) is 0 Å². The lowest BCUT2D eigenvalue weighted by atomic mass is 9.99. The van der Waals surface area contributed by atoms with Crippen molar-refractivity contribution < 1.29 is 9.59 Å². The molecule has 0 spiro atoms. The normalized spacial score (nSPS) is 11.9. The van der Waals surface area contributed by atoms with E-state index in [0.717, 1.165) is 27.5 Å². The van der Waals surface area contributed by atoms with Crippen LogP contribution in [0.5, 0.6) is 0 Å². The highest BCUT2D eigenvalue weighted by Crippen LogP contribution is 2.25. The number of nitrogens with zero attached hydrogens (tertiary/aromatic N) is 1. The third kappa shape index (κ3) is 7.15. The first-order valence-corrected chi connectivity index (χ1v) is 13.6. The Morgan fingerprint density at radius 1 is 0.842 bits per heavy atom. The van der Waals surface area contributed by atoms with Gasteiger partial charge in [0.25, 0.3) is 0 Å². The SMILES string of the molecule is CC(C)NC(=O)[C@@H](Cc1ccccc1)N(Cc1ccc(Cl)cc1Cl)C(=O)CCc1cccc2ccccc12. The van der Waals surface area contributed by atoms with Gasteiger partial charge in [-0.1, -0.05) is 102 Å². The molecule has 4 aromatic carbocycles. The van der Waals surface area contributed by atoms with Crippen molar-refractivity contribution in [1.82, 2.24) is 10.2 Å². The van der Waals surface area contributed by atoms with Crippen LogP contribution in [0, 0.1) is 0 Å². The molecule has 4 rings (SSSR count). The summed E-state index contributed by atoms with van der Waals surface area (Å²) in [6.07, 6.45) is 1.22. The highest BCUT2D eigenvalue weighted by Gasteiger charge is 2.31. The standard InChI is InChI=1S/C32H32Cl2N2O2/c1-22(2)35-32(38)30(19-23-9-4-3-5-10-23)36(21-26-15-17-27(33)20-29(26)34)31(37)18-16-25-13-8-12-24-11-6-7-14-28(24)25/h3-15,17,20,22,30H,16,18-19,21H2,1-2H3,(H,35,38)/t30-/m1/s1. The number of carbonyl (C=O) groups is 2. The summed E-state index contributed by atoms with van der Waals surface area (Å²) in [4.78, 5) is 29.1. The fourth-order valence-corrected chi connectivity index (χ4v) is 5.13. The first-order chi connectivity index (χ1) is 18.3. The Balaban J connectivity index is 1.67. The second kappa shape index (κ2) is 12.9. The molecule has 6 heteroatoms. The molecule has 0 radical (unpaired) electrons. The Labute approximate surface area is 234 Å². The molecular weight excluding hydrogens is 515 g/mol. The summed E-state index contributed by atoms with van der Waals surface area (Å²) in [5, 5.41) is 6.28. The Bertz CT molecular complexity index is 1400. The minimum absolute atomic E-state index is 0.0625. The number of amides is 2. The molecular formula is C32H32Cl2N2O2. The fourth-order valence-electron chi connectivity index (χ4n) is 4.66. The summed E-state index contributed by atoms with van der Waals surface area (Å²) in [6.45, 7) is 4.04. The van der Waals surface area contributed by atoms with Gasteiger partial charge in [0, 0.05) is 35.5 Å². The van der Waals surface area contributed by atoms with E-state index in [4.69, 9.17) is 23.2 Å². The van der Waals surface area contributed by atoms with Gasteiger partial charge in [0.15, 0.2) is 0 Å². The first kappa shape index (κ1) is 27.7. The molecule has 0 heterocycles. The van der Waals surface area contributed by atoms with Gasteiger partial charge in [0.05, 0.1) is 0 Å². The molecule has 4 nitrogen and oxygen atoms in total. The summed E-state index contributed by atoms with van der Waals surface area (Å²) >= 11 is 12.7. The van der Waals surface area contributed by atoms with Crippen LogP contribution in [0.1, 0.15) is 37.0 Å². The molecule has 4 aromatic rings. The van der Waals surface area contributed by atoms with Gasteiger partial charge in [-0.05, 0) is 59.9 Å². The van der Waals surface area contributed by atoms with Crippen LogP contribution in [0.15, 0.2) is 91.0 Å². The second-order valence-electron chi connectivity index (χ2n) is 9.76. The highest BCUT2D eigenvalue weighted by molar-refractivity contribution is 6.35. The minimum Gasteiger partial charge on any atom is -0.352 e. The Morgan fingerprint density at radius 2 is 1.55 bits per heavy atom. The monoisotopic (exact) mass is 546 g/mol. The number of hydrogen-bond donors (Lipinski definition) is 1. The van der Waals surface area contributed by atoms with Crippen molar-refractivity contribution in [1.29, 1.82) is 0 Å². The van der Waals surface area contributed by atoms with Gasteiger partial charge in [-0.15, -0.1) is 0 Å². The summed E-state index contributed by atoms with van der Waals surface area (Å²) < 4.78 is 0. The average molecular weight is 548 g/mol. The number of nitrogens with one attached hydrogen (secondary N) is 1. The molecule has 2 amide bonds. The zero-order chi connectivity index (χ0) is 27.1. The topological polar surface area (TPSA) is 49.4 Å². The third-order valence-corrected chi connectivity index (χ3v) is 7.13. The van der Waals surface area contributed by atoms with Gasteiger partial charge in [-0.3, -0.25) is 9.59 Å². The smallest absolute Gasteiger partial charge is 0.243 e. The molecule has 1 atom stereocenters. The Kier molecular flexibility index (Phi) is 9.43. The number of fused-ring (bicyclic) bond motifs is 1. The molecule has 0 aliphatic rings. The van der Waals surface area contributed by atoms with E-state index < -0.39 is 6.04 Å². The van der Waals surface area contributed by atoms with Crippen LogP contribution in [0.25, 0.3) is 10.8 Å². The third-order valence-electron chi connectivity index (χ3n) is 6.55. The van der Waals surface area contributed by atoms with Crippen LogP contribution in [0.3, 0.4) is 0 Å². The largest absolute Gasteiger partial charge is 0.352 e. The Morgan fingerprint density at radius 3 is 2.29 bits per heavy atom. The van der Waals surface area contributed by atoms with E-state index in [2.05, 4.69) is 29.6 Å². The zero-order valence-electron chi connectivity index (χ0n) is 21.7. The molecule has 0 bridgehead atoms. The fraction of sp³-hybridized carbons (Fsp3) is 0.250. The number of halogens is 2. The maximum Gasteiger partial charge on any atom is 0.243 e. The van der Waals surface area contributed by atoms with Crippen LogP contribution in [0.4, 0.5) is 0 Å². The van der Waals surface area contributed by atoms with Gasteiger partial charge >= 0.3 is 0 Å². The van der Waals surface area contributed by atoms with Gasteiger partial charge in [-0.2, -0.15) is 0 Å². The predicted molar refractivity (Wildman–Crippen MR) is 156 cm³/mol. The van der Waals surface area contributed by atoms with Crippen molar-refractivity contribution in [2.75, 3.05) is 0 Å². The molecule has 38 heavy (non-hydrogen) atoms. The second-order valence-corrected chi connectivity index (χ2v) is 10.6. The molecule has 0 saturated carbocycles. The van der Waals surface area contributed by atoms with Crippen molar-refractivity contribution in [3.05, 3.63) is 118 Å².